The van der Waals surface area contributed by atoms with Gasteiger partial charge in [-0.05, 0) is 11.8 Å². The number of hydrogen-bond acceptors (Lipinski definition) is 5. The lowest BCUT2D eigenvalue weighted by molar-refractivity contribution is -0.123. The van der Waals surface area contributed by atoms with Crippen LogP contribution in [0.4, 0.5) is 4.79 Å². The van der Waals surface area contributed by atoms with Crippen LogP contribution in [-0.2, 0) is 14.3 Å². The molecule has 1 aliphatic rings. The molecule has 5 heteroatoms. The van der Waals surface area contributed by atoms with Gasteiger partial charge in [-0.25, -0.2) is 4.79 Å². The summed E-state index contributed by atoms with van der Waals surface area (Å²) in [5.74, 6) is 0.0663. The number of methoxy groups -OCH3 is 1. The lowest BCUT2D eigenvalue weighted by Gasteiger charge is -2.18. The van der Waals surface area contributed by atoms with Crippen LogP contribution in [0.3, 0.4) is 0 Å². The molecular formula is C7H10O4S. The standard InChI is InChI=1S/C7H10O4S/c1-10-7(9)12-6-4-11-3-2-5(6)8/h6H,2-4H2,1H3. The second kappa shape index (κ2) is 4.47. The molecular weight excluding hydrogens is 180 g/mol. The molecule has 1 saturated heterocycles. The summed E-state index contributed by atoms with van der Waals surface area (Å²) in [7, 11) is 1.30. The summed E-state index contributed by atoms with van der Waals surface area (Å²) >= 11 is 0.893. The third-order valence-electron chi connectivity index (χ3n) is 1.53. The molecule has 0 saturated carbocycles. The third kappa shape index (κ3) is 2.49. The highest BCUT2D eigenvalue weighted by Gasteiger charge is 2.26. The number of rotatable bonds is 1. The molecule has 0 bridgehead atoms. The lowest BCUT2D eigenvalue weighted by atomic mass is 10.2. The summed E-state index contributed by atoms with van der Waals surface area (Å²) in [5.41, 5.74) is 0. The Balaban J connectivity index is 2.39. The van der Waals surface area contributed by atoms with Gasteiger partial charge in [-0.1, -0.05) is 0 Å². The summed E-state index contributed by atoms with van der Waals surface area (Å²) < 4.78 is 9.47. The maximum Gasteiger partial charge on any atom is 0.367 e. The Kier molecular flexibility index (Phi) is 3.55. The van der Waals surface area contributed by atoms with E-state index in [1.807, 2.05) is 0 Å². The van der Waals surface area contributed by atoms with E-state index in [9.17, 15) is 9.59 Å². The van der Waals surface area contributed by atoms with Crippen molar-refractivity contribution in [2.45, 2.75) is 11.7 Å². The van der Waals surface area contributed by atoms with Crippen molar-refractivity contribution in [2.75, 3.05) is 20.3 Å². The van der Waals surface area contributed by atoms with Gasteiger partial charge in [0.2, 0.25) is 0 Å². The van der Waals surface area contributed by atoms with Crippen molar-refractivity contribution in [3.63, 3.8) is 0 Å². The normalized spacial score (nSPS) is 23.8. The van der Waals surface area contributed by atoms with Gasteiger partial charge in [0.15, 0.2) is 5.78 Å². The van der Waals surface area contributed by atoms with Gasteiger partial charge < -0.3 is 9.47 Å². The Morgan fingerprint density at radius 1 is 1.75 bits per heavy atom. The molecule has 0 aliphatic carbocycles. The first kappa shape index (κ1) is 9.54. The van der Waals surface area contributed by atoms with Crippen LogP contribution >= 0.6 is 11.8 Å². The fourth-order valence-corrected chi connectivity index (χ4v) is 1.62. The van der Waals surface area contributed by atoms with E-state index >= 15 is 0 Å². The number of thioether (sulfide) groups is 1. The van der Waals surface area contributed by atoms with Crippen LogP contribution in [0.2, 0.25) is 0 Å². The molecule has 1 aliphatic heterocycles. The molecule has 0 spiro atoms. The van der Waals surface area contributed by atoms with Crippen LogP contribution in [0.5, 0.6) is 0 Å². The van der Waals surface area contributed by atoms with Gasteiger partial charge in [0.1, 0.15) is 0 Å². The predicted octanol–water partition coefficient (Wildman–Crippen LogP) is 0.844. The van der Waals surface area contributed by atoms with Crippen molar-refractivity contribution in [1.29, 1.82) is 0 Å². The molecule has 1 rings (SSSR count). The van der Waals surface area contributed by atoms with Gasteiger partial charge in [-0.15, -0.1) is 0 Å². The molecule has 1 heterocycles. The molecule has 68 valence electrons. The summed E-state index contributed by atoms with van der Waals surface area (Å²) in [4.78, 5) is 21.9. The average Bonchev–Trinajstić information content (AvgIpc) is 2.09. The SMILES string of the molecule is COC(=O)SC1COCCC1=O. The maximum absolute atomic E-state index is 11.1. The Morgan fingerprint density at radius 3 is 3.08 bits per heavy atom. The Bertz CT molecular complexity index is 192. The first-order chi connectivity index (χ1) is 5.74. The minimum atomic E-state index is -0.432. The van der Waals surface area contributed by atoms with Gasteiger partial charge in [-0.3, -0.25) is 4.79 Å². The number of ether oxygens (including phenoxy) is 2. The summed E-state index contributed by atoms with van der Waals surface area (Å²) in [6.07, 6.45) is 0.397. The largest absolute Gasteiger partial charge is 0.461 e. The van der Waals surface area contributed by atoms with Crippen molar-refractivity contribution >= 4 is 22.8 Å². The van der Waals surface area contributed by atoms with E-state index in [4.69, 9.17) is 4.74 Å². The summed E-state index contributed by atoms with van der Waals surface area (Å²) in [6.45, 7) is 0.787. The van der Waals surface area contributed by atoms with Crippen LogP contribution in [0.15, 0.2) is 0 Å². The van der Waals surface area contributed by atoms with E-state index in [0.717, 1.165) is 11.8 Å². The van der Waals surface area contributed by atoms with Crippen LogP contribution in [-0.4, -0.2) is 36.7 Å². The zero-order chi connectivity index (χ0) is 8.97. The molecule has 0 aromatic carbocycles. The number of Topliss-reactive ketones (excluding diaryl/α,β-unsaturated/α-hetero) is 1. The molecule has 1 unspecified atom stereocenters. The zero-order valence-electron chi connectivity index (χ0n) is 6.74. The summed E-state index contributed by atoms with van der Waals surface area (Å²) in [6, 6.07) is 0. The van der Waals surface area contributed by atoms with Crippen LogP contribution < -0.4 is 0 Å². The highest BCUT2D eigenvalue weighted by Crippen LogP contribution is 2.19. The fraction of sp³-hybridized carbons (Fsp3) is 0.714. The zero-order valence-corrected chi connectivity index (χ0v) is 7.56. The molecule has 1 fully saturated rings. The number of carbonyl (C=O) groups excluding carboxylic acids is 2. The lowest BCUT2D eigenvalue weighted by Crippen LogP contribution is -2.30. The minimum absolute atomic E-state index is 0.0663. The minimum Gasteiger partial charge on any atom is -0.461 e. The van der Waals surface area contributed by atoms with Crippen molar-refractivity contribution in [1.82, 2.24) is 0 Å². The fourth-order valence-electron chi connectivity index (χ4n) is 0.881. The van der Waals surface area contributed by atoms with E-state index in [1.54, 1.807) is 0 Å². The molecule has 0 radical (unpaired) electrons. The molecule has 0 amide bonds. The Hall–Kier alpha value is -0.550. The first-order valence-corrected chi connectivity index (χ1v) is 4.47. The number of hydrogen-bond donors (Lipinski definition) is 0. The number of carbonyl (C=O) groups is 2. The molecule has 4 nitrogen and oxygen atoms in total. The van der Waals surface area contributed by atoms with Crippen molar-refractivity contribution in [2.24, 2.45) is 0 Å². The second-order valence-electron chi connectivity index (χ2n) is 2.35. The van der Waals surface area contributed by atoms with E-state index in [-0.39, 0.29) is 11.0 Å². The van der Waals surface area contributed by atoms with Crippen LogP contribution in [0.1, 0.15) is 6.42 Å². The third-order valence-corrected chi connectivity index (χ3v) is 2.57. The van der Waals surface area contributed by atoms with E-state index in [2.05, 4.69) is 4.74 Å². The Morgan fingerprint density at radius 2 is 2.50 bits per heavy atom. The first-order valence-electron chi connectivity index (χ1n) is 3.59. The number of ketones is 1. The van der Waals surface area contributed by atoms with Crippen molar-refractivity contribution in [3.8, 4) is 0 Å². The molecule has 0 N–H and O–H groups in total. The second-order valence-corrected chi connectivity index (χ2v) is 3.49. The van der Waals surface area contributed by atoms with E-state index in [0.29, 0.717) is 19.6 Å². The smallest absolute Gasteiger partial charge is 0.367 e. The van der Waals surface area contributed by atoms with Gasteiger partial charge in [-0.2, -0.15) is 0 Å². The molecule has 0 aromatic heterocycles. The molecule has 1 atom stereocenters. The van der Waals surface area contributed by atoms with Crippen LogP contribution in [0, 0.1) is 0 Å². The monoisotopic (exact) mass is 190 g/mol. The summed E-state index contributed by atoms with van der Waals surface area (Å²) in [5, 5.41) is -0.801. The van der Waals surface area contributed by atoms with Gasteiger partial charge >= 0.3 is 5.30 Å². The van der Waals surface area contributed by atoms with Gasteiger partial charge in [0.25, 0.3) is 0 Å². The van der Waals surface area contributed by atoms with E-state index < -0.39 is 5.30 Å². The topological polar surface area (TPSA) is 52.6 Å². The van der Waals surface area contributed by atoms with Gasteiger partial charge in [0, 0.05) is 6.42 Å². The molecule has 0 aromatic rings. The van der Waals surface area contributed by atoms with Crippen molar-refractivity contribution < 1.29 is 19.1 Å². The quantitative estimate of drug-likeness (QED) is 0.573. The van der Waals surface area contributed by atoms with Crippen molar-refractivity contribution in [3.05, 3.63) is 0 Å². The molecule has 12 heavy (non-hydrogen) atoms. The highest BCUT2D eigenvalue weighted by molar-refractivity contribution is 8.14. The van der Waals surface area contributed by atoms with Crippen LogP contribution in [0.25, 0.3) is 0 Å². The maximum atomic E-state index is 11.1. The Labute approximate surface area is 74.6 Å². The predicted molar refractivity (Wildman–Crippen MR) is 44.2 cm³/mol. The highest BCUT2D eigenvalue weighted by atomic mass is 32.2. The van der Waals surface area contributed by atoms with Gasteiger partial charge in [0.05, 0.1) is 25.6 Å². The van der Waals surface area contributed by atoms with E-state index in [1.165, 1.54) is 7.11 Å². The average molecular weight is 190 g/mol.